The Morgan fingerprint density at radius 1 is 1.37 bits per heavy atom. The van der Waals surface area contributed by atoms with E-state index in [1.54, 1.807) is 20.8 Å². The quantitative estimate of drug-likeness (QED) is 0.797. The summed E-state index contributed by atoms with van der Waals surface area (Å²) < 4.78 is 32.3. The first kappa shape index (κ1) is 14.0. The van der Waals surface area contributed by atoms with Crippen LogP contribution in [0, 0.1) is 5.92 Å². The van der Waals surface area contributed by atoms with Crippen molar-refractivity contribution in [2.75, 3.05) is 0 Å². The van der Waals surface area contributed by atoms with Crippen LogP contribution >= 0.6 is 0 Å². The molecular weight excluding hydrogens is 260 g/mol. The van der Waals surface area contributed by atoms with Crippen LogP contribution in [0.1, 0.15) is 33.6 Å². The van der Waals surface area contributed by atoms with Gasteiger partial charge in [-0.15, -0.1) is 0 Å². The summed E-state index contributed by atoms with van der Waals surface area (Å²) in [7, 11) is 0. The molecule has 0 aromatic heterocycles. The summed E-state index contributed by atoms with van der Waals surface area (Å²) in [4.78, 5) is 24.1. The van der Waals surface area contributed by atoms with Gasteiger partial charge in [-0.1, -0.05) is 0 Å². The van der Waals surface area contributed by atoms with Crippen molar-refractivity contribution in [3.8, 4) is 0 Å². The number of carboxylic acid groups (broad SMARTS) is 1. The third-order valence-corrected chi connectivity index (χ3v) is 3.51. The number of amides is 1. The van der Waals surface area contributed by atoms with E-state index >= 15 is 0 Å². The Hall–Kier alpha value is -1.40. The van der Waals surface area contributed by atoms with E-state index in [1.807, 2.05) is 0 Å². The molecule has 3 unspecified atom stereocenters. The van der Waals surface area contributed by atoms with Crippen molar-refractivity contribution < 1.29 is 28.2 Å². The molecule has 2 bridgehead atoms. The van der Waals surface area contributed by atoms with E-state index in [1.165, 1.54) is 0 Å². The van der Waals surface area contributed by atoms with Crippen LogP contribution in [0.2, 0.25) is 0 Å². The highest BCUT2D eigenvalue weighted by Crippen LogP contribution is 2.52. The average molecular weight is 277 g/mol. The number of alkyl halides is 2. The zero-order chi connectivity index (χ0) is 14.6. The highest BCUT2D eigenvalue weighted by molar-refractivity contribution is 5.82. The molecule has 0 aromatic carbocycles. The fraction of sp³-hybridized carbons (Fsp3) is 0.833. The van der Waals surface area contributed by atoms with Crippen molar-refractivity contribution in [2.45, 2.75) is 57.2 Å². The van der Waals surface area contributed by atoms with Gasteiger partial charge in [0.05, 0.1) is 5.92 Å². The maximum atomic E-state index is 13.6. The number of carboxylic acids is 1. The van der Waals surface area contributed by atoms with Crippen LogP contribution in [-0.4, -0.2) is 45.7 Å². The molecule has 5 nitrogen and oxygen atoms in total. The van der Waals surface area contributed by atoms with E-state index in [4.69, 9.17) is 9.84 Å². The Balaban J connectivity index is 2.22. The van der Waals surface area contributed by atoms with E-state index in [-0.39, 0.29) is 6.42 Å². The first-order valence-corrected chi connectivity index (χ1v) is 6.15. The van der Waals surface area contributed by atoms with Crippen LogP contribution in [0.15, 0.2) is 0 Å². The molecule has 0 radical (unpaired) electrons. The lowest BCUT2D eigenvalue weighted by molar-refractivity contribution is -0.155. The number of carbonyl (C=O) groups excluding carboxylic acids is 1. The SMILES string of the molecule is CC(C)(C)OC(=O)N1C2CC(C1C(=O)O)C(F)(F)C2. The van der Waals surface area contributed by atoms with Crippen molar-refractivity contribution >= 4 is 12.1 Å². The number of hydrogen-bond donors (Lipinski definition) is 1. The molecule has 108 valence electrons. The van der Waals surface area contributed by atoms with Gasteiger partial charge in [0, 0.05) is 12.5 Å². The predicted octanol–water partition coefficient (Wildman–Crippen LogP) is 2.10. The second-order valence-corrected chi connectivity index (χ2v) is 6.13. The van der Waals surface area contributed by atoms with Crippen LogP contribution < -0.4 is 0 Å². The van der Waals surface area contributed by atoms with Gasteiger partial charge in [-0.2, -0.15) is 0 Å². The largest absolute Gasteiger partial charge is 0.480 e. The molecule has 1 amide bonds. The van der Waals surface area contributed by atoms with Gasteiger partial charge >= 0.3 is 12.1 Å². The summed E-state index contributed by atoms with van der Waals surface area (Å²) in [5.41, 5.74) is -0.787. The molecule has 1 saturated heterocycles. The monoisotopic (exact) mass is 277 g/mol. The van der Waals surface area contributed by atoms with Crippen molar-refractivity contribution in [3.05, 3.63) is 0 Å². The van der Waals surface area contributed by atoms with Crippen molar-refractivity contribution in [3.63, 3.8) is 0 Å². The van der Waals surface area contributed by atoms with Gasteiger partial charge in [-0.05, 0) is 27.2 Å². The number of carbonyl (C=O) groups is 2. The van der Waals surface area contributed by atoms with Crippen LogP contribution in [0.4, 0.5) is 13.6 Å². The molecule has 1 N–H and O–H groups in total. The van der Waals surface area contributed by atoms with Crippen LogP contribution in [-0.2, 0) is 9.53 Å². The second-order valence-electron chi connectivity index (χ2n) is 6.13. The van der Waals surface area contributed by atoms with E-state index < -0.39 is 48.0 Å². The molecular formula is C12H17F2NO4. The third-order valence-electron chi connectivity index (χ3n) is 3.51. The van der Waals surface area contributed by atoms with Gasteiger partial charge < -0.3 is 9.84 Å². The predicted molar refractivity (Wildman–Crippen MR) is 61.0 cm³/mol. The van der Waals surface area contributed by atoms with E-state index in [9.17, 15) is 18.4 Å². The second kappa shape index (κ2) is 4.05. The normalized spacial score (nSPS) is 32.5. The highest BCUT2D eigenvalue weighted by Gasteiger charge is 2.65. The highest BCUT2D eigenvalue weighted by atomic mass is 19.3. The molecule has 0 spiro atoms. The van der Waals surface area contributed by atoms with Gasteiger partial charge in [0.25, 0.3) is 5.92 Å². The number of ether oxygens (including phenoxy) is 1. The third kappa shape index (κ3) is 2.37. The minimum Gasteiger partial charge on any atom is -0.480 e. The summed E-state index contributed by atoms with van der Waals surface area (Å²) in [5, 5.41) is 9.10. The molecule has 2 fully saturated rings. The van der Waals surface area contributed by atoms with Gasteiger partial charge in [-0.25, -0.2) is 18.4 Å². The zero-order valence-electron chi connectivity index (χ0n) is 11.0. The number of halogens is 2. The van der Waals surface area contributed by atoms with Crippen molar-refractivity contribution in [1.29, 1.82) is 0 Å². The van der Waals surface area contributed by atoms with Gasteiger partial charge in [-0.3, -0.25) is 4.90 Å². The summed E-state index contributed by atoms with van der Waals surface area (Å²) in [5.74, 6) is -5.74. The number of rotatable bonds is 1. The van der Waals surface area contributed by atoms with Gasteiger partial charge in [0.1, 0.15) is 11.6 Å². The standard InChI is InChI=1S/C12H17F2NO4/c1-11(2,3)19-10(18)15-6-4-7(8(15)9(16)17)12(13,14)5-6/h6-8H,4-5H2,1-3H3,(H,16,17). The first-order valence-electron chi connectivity index (χ1n) is 6.15. The molecule has 1 heterocycles. The molecule has 2 rings (SSSR count). The summed E-state index contributed by atoms with van der Waals surface area (Å²) in [6.07, 6.45) is -1.30. The zero-order valence-corrected chi connectivity index (χ0v) is 11.0. The van der Waals surface area contributed by atoms with Crippen molar-refractivity contribution in [1.82, 2.24) is 4.90 Å². The molecule has 1 aliphatic carbocycles. The lowest BCUT2D eigenvalue weighted by atomic mass is 9.95. The van der Waals surface area contributed by atoms with E-state index in [0.29, 0.717) is 0 Å². The average Bonchev–Trinajstić information content (AvgIpc) is 2.66. The maximum Gasteiger partial charge on any atom is 0.411 e. The molecule has 0 aromatic rings. The number of fused-ring (bicyclic) bond motifs is 2. The summed E-state index contributed by atoms with van der Waals surface area (Å²) in [6, 6.07) is -2.25. The number of nitrogens with zero attached hydrogens (tertiary/aromatic N) is 1. The smallest absolute Gasteiger partial charge is 0.411 e. The topological polar surface area (TPSA) is 66.8 Å². The minimum atomic E-state index is -3.02. The molecule has 2 aliphatic rings. The first-order chi connectivity index (χ1) is 8.53. The van der Waals surface area contributed by atoms with Crippen LogP contribution in [0.25, 0.3) is 0 Å². The van der Waals surface area contributed by atoms with Crippen LogP contribution in [0.5, 0.6) is 0 Å². The van der Waals surface area contributed by atoms with Gasteiger partial charge in [0.2, 0.25) is 0 Å². The fourth-order valence-corrected chi connectivity index (χ4v) is 2.88. The number of piperidine rings is 1. The Kier molecular flexibility index (Phi) is 2.98. The number of hydrogen-bond acceptors (Lipinski definition) is 3. The lowest BCUT2D eigenvalue weighted by Crippen LogP contribution is -2.55. The Bertz CT molecular complexity index is 418. The fourth-order valence-electron chi connectivity index (χ4n) is 2.88. The van der Waals surface area contributed by atoms with Crippen molar-refractivity contribution in [2.24, 2.45) is 5.92 Å². The van der Waals surface area contributed by atoms with E-state index in [0.717, 1.165) is 4.90 Å². The Morgan fingerprint density at radius 3 is 2.42 bits per heavy atom. The number of likely N-dealkylation sites (tertiary alicyclic amines) is 1. The van der Waals surface area contributed by atoms with Gasteiger partial charge in [0.15, 0.2) is 0 Å². The van der Waals surface area contributed by atoms with E-state index in [2.05, 4.69) is 0 Å². The Labute approximate surface area is 109 Å². The number of aliphatic carboxylic acids is 1. The maximum absolute atomic E-state index is 13.6. The summed E-state index contributed by atoms with van der Waals surface area (Å²) >= 11 is 0. The lowest BCUT2D eigenvalue weighted by Gasteiger charge is -2.37. The molecule has 3 atom stereocenters. The molecule has 1 aliphatic heterocycles. The minimum absolute atomic E-state index is 0.0171. The molecule has 19 heavy (non-hydrogen) atoms. The molecule has 7 heteroatoms. The summed E-state index contributed by atoms with van der Waals surface area (Å²) in [6.45, 7) is 4.93. The molecule has 1 saturated carbocycles. The van der Waals surface area contributed by atoms with Crippen LogP contribution in [0.3, 0.4) is 0 Å². The Morgan fingerprint density at radius 2 is 1.95 bits per heavy atom.